The maximum absolute atomic E-state index is 12.8. The SMILES string of the molecule is Cc1ccn2cc(C(=O)NN3C(=O)N[C@@](C)(CCc4ccccc4)C3=O)nc2c1. The molecular weight excluding hydrogens is 370 g/mol. The molecule has 1 fully saturated rings. The minimum absolute atomic E-state index is 0.120. The van der Waals surface area contributed by atoms with Crippen molar-refractivity contribution in [2.24, 2.45) is 0 Å². The first-order valence-corrected chi connectivity index (χ1v) is 9.33. The van der Waals surface area contributed by atoms with Gasteiger partial charge in [0.1, 0.15) is 16.9 Å². The molecule has 3 heterocycles. The molecule has 1 aromatic carbocycles. The molecule has 2 aromatic heterocycles. The standard InChI is InChI=1S/C21H21N5O3/c1-14-9-11-25-13-16(22-17(25)12-14)18(27)24-26-19(28)21(2,23-20(26)29)10-8-15-6-4-3-5-7-15/h3-7,9,11-13H,8,10H2,1-2H3,(H,23,29)(H,24,27)/t21-/m0/s1. The largest absolute Gasteiger partial charge is 0.344 e. The van der Waals surface area contributed by atoms with Crippen molar-refractivity contribution in [3.05, 3.63) is 71.7 Å². The second-order valence-electron chi connectivity index (χ2n) is 7.43. The Hall–Kier alpha value is -3.68. The van der Waals surface area contributed by atoms with Crippen LogP contribution in [-0.2, 0) is 11.2 Å². The number of nitrogens with zero attached hydrogens (tertiary/aromatic N) is 3. The molecular formula is C21H21N5O3. The van der Waals surface area contributed by atoms with E-state index in [0.29, 0.717) is 18.5 Å². The van der Waals surface area contributed by atoms with E-state index in [1.807, 2.05) is 49.4 Å². The lowest BCUT2D eigenvalue weighted by Crippen LogP contribution is -2.49. The summed E-state index contributed by atoms with van der Waals surface area (Å²) in [7, 11) is 0. The van der Waals surface area contributed by atoms with Crippen molar-refractivity contribution in [3.63, 3.8) is 0 Å². The molecule has 0 spiro atoms. The first-order valence-electron chi connectivity index (χ1n) is 9.33. The molecule has 1 atom stereocenters. The van der Waals surface area contributed by atoms with Gasteiger partial charge in [-0.1, -0.05) is 30.3 Å². The number of rotatable bonds is 5. The Bertz CT molecular complexity index is 1110. The summed E-state index contributed by atoms with van der Waals surface area (Å²) in [5, 5.41) is 3.43. The highest BCUT2D eigenvalue weighted by atomic mass is 16.2. The van der Waals surface area contributed by atoms with Gasteiger partial charge in [0.05, 0.1) is 0 Å². The topological polar surface area (TPSA) is 95.8 Å². The lowest BCUT2D eigenvalue weighted by Gasteiger charge is -2.21. The zero-order valence-corrected chi connectivity index (χ0v) is 16.2. The number of hydrazine groups is 1. The number of imidazole rings is 1. The highest BCUT2D eigenvalue weighted by Crippen LogP contribution is 2.22. The predicted molar refractivity (Wildman–Crippen MR) is 106 cm³/mol. The Balaban J connectivity index is 1.47. The maximum atomic E-state index is 12.8. The minimum Gasteiger partial charge on any atom is -0.322 e. The number of carbonyl (C=O) groups is 3. The van der Waals surface area contributed by atoms with Crippen LogP contribution in [0.2, 0.25) is 0 Å². The zero-order valence-electron chi connectivity index (χ0n) is 16.2. The number of pyridine rings is 1. The number of carbonyl (C=O) groups excluding carboxylic acids is 3. The normalized spacial score (nSPS) is 18.9. The smallest absolute Gasteiger partial charge is 0.322 e. The van der Waals surface area contributed by atoms with Gasteiger partial charge in [-0.3, -0.25) is 15.0 Å². The van der Waals surface area contributed by atoms with E-state index in [1.54, 1.807) is 23.7 Å². The summed E-state index contributed by atoms with van der Waals surface area (Å²) >= 11 is 0. The minimum atomic E-state index is -1.09. The van der Waals surface area contributed by atoms with Crippen LogP contribution >= 0.6 is 0 Å². The average Bonchev–Trinajstić information content (AvgIpc) is 3.21. The molecule has 4 rings (SSSR count). The first kappa shape index (κ1) is 18.7. The Kier molecular flexibility index (Phi) is 4.54. The van der Waals surface area contributed by atoms with E-state index >= 15 is 0 Å². The van der Waals surface area contributed by atoms with Gasteiger partial charge >= 0.3 is 6.03 Å². The van der Waals surface area contributed by atoms with Crippen molar-refractivity contribution in [2.75, 3.05) is 0 Å². The Morgan fingerprint density at radius 2 is 1.97 bits per heavy atom. The number of urea groups is 1. The molecule has 0 aliphatic carbocycles. The van der Waals surface area contributed by atoms with Crippen molar-refractivity contribution in [2.45, 2.75) is 32.2 Å². The van der Waals surface area contributed by atoms with E-state index in [0.717, 1.165) is 16.1 Å². The molecule has 148 valence electrons. The van der Waals surface area contributed by atoms with Gasteiger partial charge in [0.15, 0.2) is 0 Å². The molecule has 2 N–H and O–H groups in total. The van der Waals surface area contributed by atoms with E-state index in [-0.39, 0.29) is 5.69 Å². The van der Waals surface area contributed by atoms with Gasteiger partial charge < -0.3 is 9.72 Å². The summed E-state index contributed by atoms with van der Waals surface area (Å²) in [5.41, 5.74) is 4.10. The highest BCUT2D eigenvalue weighted by molar-refractivity contribution is 6.08. The van der Waals surface area contributed by atoms with Crippen molar-refractivity contribution in [3.8, 4) is 0 Å². The Morgan fingerprint density at radius 3 is 2.72 bits per heavy atom. The molecule has 29 heavy (non-hydrogen) atoms. The number of benzene rings is 1. The van der Waals surface area contributed by atoms with Crippen LogP contribution < -0.4 is 10.7 Å². The summed E-state index contributed by atoms with van der Waals surface area (Å²) in [6.07, 6.45) is 4.39. The van der Waals surface area contributed by atoms with E-state index < -0.39 is 23.4 Å². The maximum Gasteiger partial charge on any atom is 0.344 e. The number of imide groups is 1. The second kappa shape index (κ2) is 7.05. The summed E-state index contributed by atoms with van der Waals surface area (Å²) in [4.78, 5) is 42.0. The van der Waals surface area contributed by atoms with Gasteiger partial charge in [0.2, 0.25) is 0 Å². The average molecular weight is 391 g/mol. The molecule has 1 aliphatic rings. The van der Waals surface area contributed by atoms with Gasteiger partial charge in [-0.25, -0.2) is 9.78 Å². The van der Waals surface area contributed by atoms with Crippen LogP contribution in [-0.4, -0.2) is 37.8 Å². The zero-order chi connectivity index (χ0) is 20.6. The number of fused-ring (bicyclic) bond motifs is 1. The number of hydrogen-bond acceptors (Lipinski definition) is 4. The van der Waals surface area contributed by atoms with Crippen molar-refractivity contribution < 1.29 is 14.4 Å². The van der Waals surface area contributed by atoms with Gasteiger partial charge in [-0.15, -0.1) is 0 Å². The van der Waals surface area contributed by atoms with Crippen LogP contribution in [0.4, 0.5) is 4.79 Å². The molecule has 0 unspecified atom stereocenters. The fourth-order valence-electron chi connectivity index (χ4n) is 3.35. The molecule has 0 bridgehead atoms. The predicted octanol–water partition coefficient (Wildman–Crippen LogP) is 2.23. The molecule has 3 aromatic rings. The first-order chi connectivity index (χ1) is 13.9. The monoisotopic (exact) mass is 391 g/mol. The Morgan fingerprint density at radius 1 is 1.21 bits per heavy atom. The molecule has 4 amide bonds. The van der Waals surface area contributed by atoms with Crippen LogP contribution in [0, 0.1) is 6.92 Å². The van der Waals surface area contributed by atoms with Crippen molar-refractivity contribution >= 4 is 23.5 Å². The van der Waals surface area contributed by atoms with Gasteiger partial charge in [-0.2, -0.15) is 5.01 Å². The second-order valence-corrected chi connectivity index (χ2v) is 7.43. The number of aryl methyl sites for hydroxylation is 2. The molecule has 8 heteroatoms. The summed E-state index contributed by atoms with van der Waals surface area (Å²) in [6.45, 7) is 3.59. The molecule has 0 radical (unpaired) electrons. The quantitative estimate of drug-likeness (QED) is 0.652. The summed E-state index contributed by atoms with van der Waals surface area (Å²) in [6, 6.07) is 12.8. The molecule has 1 saturated heterocycles. The van der Waals surface area contributed by atoms with Crippen LogP contribution in [0.25, 0.3) is 5.65 Å². The van der Waals surface area contributed by atoms with Crippen LogP contribution in [0.3, 0.4) is 0 Å². The third kappa shape index (κ3) is 3.56. The molecule has 8 nitrogen and oxygen atoms in total. The number of amides is 4. The molecule has 1 aliphatic heterocycles. The number of nitrogens with one attached hydrogen (secondary N) is 2. The number of aromatic nitrogens is 2. The van der Waals surface area contributed by atoms with Crippen LogP contribution in [0.15, 0.2) is 54.9 Å². The van der Waals surface area contributed by atoms with Gasteiger partial charge in [0, 0.05) is 12.4 Å². The van der Waals surface area contributed by atoms with Gasteiger partial charge in [0.25, 0.3) is 11.8 Å². The van der Waals surface area contributed by atoms with E-state index in [4.69, 9.17) is 0 Å². The lowest BCUT2D eigenvalue weighted by atomic mass is 9.93. The highest BCUT2D eigenvalue weighted by Gasteiger charge is 2.48. The van der Waals surface area contributed by atoms with Gasteiger partial charge in [-0.05, 0) is 49.9 Å². The van der Waals surface area contributed by atoms with Crippen molar-refractivity contribution in [1.82, 2.24) is 25.1 Å². The van der Waals surface area contributed by atoms with Crippen molar-refractivity contribution in [1.29, 1.82) is 0 Å². The fraction of sp³-hybridized carbons (Fsp3) is 0.238. The van der Waals surface area contributed by atoms with Crippen LogP contribution in [0.1, 0.15) is 35.0 Å². The van der Waals surface area contributed by atoms with Crippen LogP contribution in [0.5, 0.6) is 0 Å². The molecule has 0 saturated carbocycles. The summed E-state index contributed by atoms with van der Waals surface area (Å²) < 4.78 is 1.71. The number of hydrogen-bond donors (Lipinski definition) is 2. The fourth-order valence-corrected chi connectivity index (χ4v) is 3.35. The summed E-state index contributed by atoms with van der Waals surface area (Å²) in [5.74, 6) is -1.12. The van der Waals surface area contributed by atoms with E-state index in [1.165, 1.54) is 0 Å². The third-order valence-corrected chi connectivity index (χ3v) is 5.08. The lowest BCUT2D eigenvalue weighted by molar-refractivity contribution is -0.132. The van der Waals surface area contributed by atoms with E-state index in [2.05, 4.69) is 15.7 Å². The Labute approximate surface area is 167 Å². The third-order valence-electron chi connectivity index (χ3n) is 5.08. The van der Waals surface area contributed by atoms with E-state index in [9.17, 15) is 14.4 Å².